The maximum absolute atomic E-state index is 12.1. The summed E-state index contributed by atoms with van der Waals surface area (Å²) in [5.41, 5.74) is -0.469. The monoisotopic (exact) mass is 261 g/mol. The number of carboxylic acid groups (broad SMARTS) is 1. The van der Waals surface area contributed by atoms with Crippen LogP contribution in [0.2, 0.25) is 0 Å². The summed E-state index contributed by atoms with van der Waals surface area (Å²) in [5, 5.41) is 17.6. The van der Waals surface area contributed by atoms with Crippen LogP contribution in [0.3, 0.4) is 0 Å². The number of hydrogen-bond acceptors (Lipinski definition) is 3. The van der Waals surface area contributed by atoms with E-state index in [0.29, 0.717) is 5.56 Å². The van der Waals surface area contributed by atoms with E-state index in [0.717, 1.165) is 6.07 Å². The van der Waals surface area contributed by atoms with E-state index < -0.39 is 23.9 Å². The summed E-state index contributed by atoms with van der Waals surface area (Å²) in [4.78, 5) is 10.9. The second-order valence-electron chi connectivity index (χ2n) is 2.95. The first kappa shape index (κ1) is 13.2. The number of halogens is 3. The minimum Gasteiger partial charge on any atom is -0.478 e. The summed E-state index contributed by atoms with van der Waals surface area (Å²) in [6, 6.07) is 3.89. The summed E-state index contributed by atoms with van der Waals surface area (Å²) in [5.74, 6) is -2.16. The lowest BCUT2D eigenvalue weighted by Gasteiger charge is -2.11. The fraction of sp³-hybridized carbons (Fsp3) is 0.200. The molecule has 0 unspecified atom stereocenters. The van der Waals surface area contributed by atoms with Gasteiger partial charge < -0.3 is 9.84 Å². The summed E-state index contributed by atoms with van der Waals surface area (Å²) in [7, 11) is 0. The Labute approximate surface area is 100.0 Å². The Morgan fingerprint density at radius 1 is 1.59 bits per heavy atom. The molecule has 0 saturated heterocycles. The third kappa shape index (κ3) is 3.04. The molecule has 0 amide bonds. The van der Waals surface area contributed by atoms with Crippen LogP contribution >= 0.6 is 11.6 Å². The second-order valence-corrected chi connectivity index (χ2v) is 3.22. The molecule has 0 aromatic heterocycles. The van der Waals surface area contributed by atoms with Crippen LogP contribution in [0.4, 0.5) is 8.78 Å². The van der Waals surface area contributed by atoms with Crippen molar-refractivity contribution in [3.8, 4) is 11.8 Å². The molecule has 0 atom stereocenters. The molecule has 1 aromatic rings. The van der Waals surface area contributed by atoms with Gasteiger partial charge in [-0.3, -0.25) is 0 Å². The number of carboxylic acids is 1. The molecular formula is C10H6ClF2NO3. The lowest BCUT2D eigenvalue weighted by Crippen LogP contribution is -2.10. The first-order valence-corrected chi connectivity index (χ1v) is 4.84. The summed E-state index contributed by atoms with van der Waals surface area (Å²) < 4.78 is 28.3. The Hall–Kier alpha value is -1.87. The van der Waals surface area contributed by atoms with Crippen LogP contribution < -0.4 is 4.74 Å². The highest BCUT2D eigenvalue weighted by molar-refractivity contribution is 6.17. The topological polar surface area (TPSA) is 70.3 Å². The van der Waals surface area contributed by atoms with Crippen molar-refractivity contribution in [2.45, 2.75) is 12.5 Å². The quantitative estimate of drug-likeness (QED) is 0.846. The minimum atomic E-state index is -3.21. The fourth-order valence-electron chi connectivity index (χ4n) is 1.22. The second kappa shape index (κ2) is 5.46. The SMILES string of the molecule is N#Cc1cc(CCl)cc(C(=O)O)c1OC(F)F. The molecule has 90 valence electrons. The Kier molecular flexibility index (Phi) is 4.24. The van der Waals surface area contributed by atoms with Crippen LogP contribution in [0.5, 0.6) is 5.75 Å². The summed E-state index contributed by atoms with van der Waals surface area (Å²) in [6.07, 6.45) is 0. The predicted octanol–water partition coefficient (Wildman–Crippen LogP) is 2.60. The van der Waals surface area contributed by atoms with E-state index in [1.165, 1.54) is 6.07 Å². The van der Waals surface area contributed by atoms with Gasteiger partial charge >= 0.3 is 12.6 Å². The molecule has 0 bridgehead atoms. The van der Waals surface area contributed by atoms with Crippen LogP contribution in [-0.2, 0) is 5.88 Å². The van der Waals surface area contributed by atoms with E-state index in [-0.39, 0.29) is 11.4 Å². The van der Waals surface area contributed by atoms with Crippen molar-refractivity contribution in [1.82, 2.24) is 0 Å². The van der Waals surface area contributed by atoms with Crippen LogP contribution in [0.15, 0.2) is 12.1 Å². The number of carbonyl (C=O) groups is 1. The van der Waals surface area contributed by atoms with Crippen molar-refractivity contribution in [3.63, 3.8) is 0 Å². The highest BCUT2D eigenvalue weighted by atomic mass is 35.5. The molecule has 17 heavy (non-hydrogen) atoms. The van der Waals surface area contributed by atoms with Crippen LogP contribution in [-0.4, -0.2) is 17.7 Å². The van der Waals surface area contributed by atoms with Gasteiger partial charge in [0.2, 0.25) is 0 Å². The van der Waals surface area contributed by atoms with E-state index in [9.17, 15) is 13.6 Å². The van der Waals surface area contributed by atoms with Crippen molar-refractivity contribution in [2.24, 2.45) is 0 Å². The molecular weight excluding hydrogens is 256 g/mol. The average Bonchev–Trinajstić information content (AvgIpc) is 2.28. The number of rotatable bonds is 4. The maximum atomic E-state index is 12.1. The Balaban J connectivity index is 3.42. The third-order valence-electron chi connectivity index (χ3n) is 1.86. The van der Waals surface area contributed by atoms with Gasteiger partial charge in [-0.05, 0) is 17.7 Å². The third-order valence-corrected chi connectivity index (χ3v) is 2.17. The largest absolute Gasteiger partial charge is 0.478 e. The molecule has 0 aliphatic heterocycles. The summed E-state index contributed by atoms with van der Waals surface area (Å²) in [6.45, 7) is -3.21. The Morgan fingerprint density at radius 3 is 2.65 bits per heavy atom. The Bertz CT molecular complexity index is 485. The smallest absolute Gasteiger partial charge is 0.387 e. The minimum absolute atomic E-state index is 0.0378. The van der Waals surface area contributed by atoms with Gasteiger partial charge in [-0.15, -0.1) is 11.6 Å². The zero-order valence-corrected chi connectivity index (χ0v) is 9.04. The molecule has 0 aliphatic carbocycles. The molecule has 0 aliphatic rings. The molecule has 1 rings (SSSR count). The van der Waals surface area contributed by atoms with Crippen molar-refractivity contribution >= 4 is 17.6 Å². The van der Waals surface area contributed by atoms with Crippen molar-refractivity contribution in [2.75, 3.05) is 0 Å². The highest BCUT2D eigenvalue weighted by Gasteiger charge is 2.20. The lowest BCUT2D eigenvalue weighted by molar-refractivity contribution is -0.0505. The van der Waals surface area contributed by atoms with E-state index in [1.54, 1.807) is 6.07 Å². The van der Waals surface area contributed by atoms with E-state index >= 15 is 0 Å². The molecule has 0 radical (unpaired) electrons. The number of nitrogens with zero attached hydrogens (tertiary/aromatic N) is 1. The molecule has 0 heterocycles. The molecule has 0 fully saturated rings. The number of benzene rings is 1. The molecule has 1 aromatic carbocycles. The normalized spacial score (nSPS) is 10.1. The predicted molar refractivity (Wildman–Crippen MR) is 54.3 cm³/mol. The average molecular weight is 262 g/mol. The highest BCUT2D eigenvalue weighted by Crippen LogP contribution is 2.28. The van der Waals surface area contributed by atoms with Gasteiger partial charge in [0.15, 0.2) is 5.75 Å². The lowest BCUT2D eigenvalue weighted by atomic mass is 10.1. The molecule has 7 heteroatoms. The molecule has 1 N–H and O–H groups in total. The van der Waals surface area contributed by atoms with E-state index in [4.69, 9.17) is 22.0 Å². The van der Waals surface area contributed by atoms with Crippen LogP contribution in [0.1, 0.15) is 21.5 Å². The van der Waals surface area contributed by atoms with E-state index in [2.05, 4.69) is 4.74 Å². The first-order valence-electron chi connectivity index (χ1n) is 4.30. The number of alkyl halides is 3. The molecule has 0 spiro atoms. The van der Waals surface area contributed by atoms with Gasteiger partial charge in [0.1, 0.15) is 11.6 Å². The zero-order chi connectivity index (χ0) is 13.0. The van der Waals surface area contributed by atoms with Gasteiger partial charge in [-0.1, -0.05) is 0 Å². The Morgan fingerprint density at radius 2 is 2.24 bits per heavy atom. The number of ether oxygens (including phenoxy) is 1. The fourth-order valence-corrected chi connectivity index (χ4v) is 1.38. The van der Waals surface area contributed by atoms with Crippen LogP contribution in [0.25, 0.3) is 0 Å². The van der Waals surface area contributed by atoms with Crippen molar-refractivity contribution < 1.29 is 23.4 Å². The van der Waals surface area contributed by atoms with Gasteiger partial charge in [0.25, 0.3) is 0 Å². The molecule has 4 nitrogen and oxygen atoms in total. The van der Waals surface area contributed by atoms with Crippen molar-refractivity contribution in [1.29, 1.82) is 5.26 Å². The number of aromatic carboxylic acids is 1. The van der Waals surface area contributed by atoms with Gasteiger partial charge in [-0.25, -0.2) is 4.79 Å². The number of hydrogen-bond donors (Lipinski definition) is 1. The first-order chi connectivity index (χ1) is 7.99. The van der Waals surface area contributed by atoms with E-state index in [1.807, 2.05) is 0 Å². The van der Waals surface area contributed by atoms with Gasteiger partial charge in [0.05, 0.1) is 5.56 Å². The number of nitriles is 1. The summed E-state index contributed by atoms with van der Waals surface area (Å²) >= 11 is 5.50. The van der Waals surface area contributed by atoms with Gasteiger partial charge in [-0.2, -0.15) is 14.0 Å². The zero-order valence-electron chi connectivity index (χ0n) is 8.28. The standard InChI is InChI=1S/C10H6ClF2NO3/c11-3-5-1-6(4-14)8(17-10(12)13)7(2-5)9(15)16/h1-2,10H,3H2,(H,15,16). The maximum Gasteiger partial charge on any atom is 0.387 e. The molecule has 0 saturated carbocycles. The van der Waals surface area contributed by atoms with Crippen molar-refractivity contribution in [3.05, 3.63) is 28.8 Å². The van der Waals surface area contributed by atoms with Crippen LogP contribution in [0, 0.1) is 11.3 Å². The van der Waals surface area contributed by atoms with Gasteiger partial charge in [0, 0.05) is 5.88 Å².